The van der Waals surface area contributed by atoms with E-state index in [1.165, 1.54) is 11.8 Å². The number of hydrogen-bond acceptors (Lipinski definition) is 3. The van der Waals surface area contributed by atoms with E-state index in [2.05, 4.69) is 10.6 Å². The van der Waals surface area contributed by atoms with Crippen LogP contribution < -0.4 is 10.6 Å². The molecule has 1 aromatic rings. The van der Waals surface area contributed by atoms with Crippen LogP contribution in [0.15, 0.2) is 30.3 Å². The number of nitrogens with one attached hydrogen (secondary N) is 2. The second-order valence-electron chi connectivity index (χ2n) is 6.49. The van der Waals surface area contributed by atoms with Crippen molar-refractivity contribution in [2.75, 3.05) is 13.6 Å². The van der Waals surface area contributed by atoms with Gasteiger partial charge < -0.3 is 20.6 Å². The number of carboxylic acid groups (broad SMARTS) is 1. The molecule has 7 heteroatoms. The molecule has 0 aliphatic rings. The Hall–Kier alpha value is -2.57. The second kappa shape index (κ2) is 9.66. The molecule has 1 rings (SSSR count). The van der Waals surface area contributed by atoms with Gasteiger partial charge in [-0.05, 0) is 11.5 Å². The van der Waals surface area contributed by atoms with Crippen molar-refractivity contribution >= 4 is 17.9 Å². The van der Waals surface area contributed by atoms with Gasteiger partial charge in [-0.15, -0.1) is 0 Å². The number of amides is 3. The summed E-state index contributed by atoms with van der Waals surface area (Å²) in [6.07, 6.45) is 0. The van der Waals surface area contributed by atoms with Gasteiger partial charge in [0.1, 0.15) is 6.04 Å². The van der Waals surface area contributed by atoms with Gasteiger partial charge in [-0.2, -0.15) is 0 Å². The molecule has 0 radical (unpaired) electrons. The minimum absolute atomic E-state index is 0.0880. The zero-order valence-electron chi connectivity index (χ0n) is 15.2. The third-order valence-electron chi connectivity index (χ3n) is 3.86. The first-order valence-corrected chi connectivity index (χ1v) is 8.28. The predicted octanol–water partition coefficient (Wildman–Crippen LogP) is 1.69. The zero-order chi connectivity index (χ0) is 19.0. The third kappa shape index (κ3) is 6.82. The van der Waals surface area contributed by atoms with Gasteiger partial charge in [0.2, 0.25) is 5.91 Å². The van der Waals surface area contributed by atoms with Crippen molar-refractivity contribution in [1.82, 2.24) is 15.5 Å². The Balaban J connectivity index is 2.61. The van der Waals surface area contributed by atoms with Crippen LogP contribution in [0.2, 0.25) is 0 Å². The second-order valence-corrected chi connectivity index (χ2v) is 6.49. The van der Waals surface area contributed by atoms with Gasteiger partial charge >= 0.3 is 12.0 Å². The molecule has 0 bridgehead atoms. The van der Waals surface area contributed by atoms with Crippen LogP contribution in [-0.4, -0.2) is 47.5 Å². The van der Waals surface area contributed by atoms with Gasteiger partial charge in [-0.3, -0.25) is 9.59 Å². The number of aliphatic carboxylic acids is 1. The quantitative estimate of drug-likeness (QED) is 0.665. The Morgan fingerprint density at radius 1 is 1.12 bits per heavy atom. The Morgan fingerprint density at radius 3 is 2.24 bits per heavy atom. The van der Waals surface area contributed by atoms with Crippen molar-refractivity contribution in [3.8, 4) is 0 Å². The summed E-state index contributed by atoms with van der Waals surface area (Å²) in [5, 5.41) is 14.4. The molecule has 0 saturated carbocycles. The van der Waals surface area contributed by atoms with Gasteiger partial charge in [0, 0.05) is 20.1 Å². The molecule has 138 valence electrons. The number of carboxylic acids is 1. The van der Waals surface area contributed by atoms with E-state index in [4.69, 9.17) is 5.11 Å². The van der Waals surface area contributed by atoms with E-state index >= 15 is 0 Å². The summed E-state index contributed by atoms with van der Waals surface area (Å²) in [5.74, 6) is -2.07. The molecule has 25 heavy (non-hydrogen) atoms. The van der Waals surface area contributed by atoms with Crippen molar-refractivity contribution in [1.29, 1.82) is 0 Å². The molecule has 0 heterocycles. The van der Waals surface area contributed by atoms with E-state index in [1.54, 1.807) is 7.05 Å². The van der Waals surface area contributed by atoms with E-state index in [1.807, 2.05) is 44.2 Å². The highest BCUT2D eigenvalue weighted by Crippen LogP contribution is 2.08. The SMILES string of the molecule is CC(CN(C)C(=O)C(NC(=O)NCc1ccccc1)C(C)C)C(=O)O. The van der Waals surface area contributed by atoms with Crippen LogP contribution in [-0.2, 0) is 16.1 Å². The molecule has 3 amide bonds. The van der Waals surface area contributed by atoms with Gasteiger partial charge in [0.25, 0.3) is 0 Å². The average molecular weight is 349 g/mol. The van der Waals surface area contributed by atoms with Gasteiger partial charge in [0.05, 0.1) is 5.92 Å². The minimum Gasteiger partial charge on any atom is -0.481 e. The maximum Gasteiger partial charge on any atom is 0.315 e. The smallest absolute Gasteiger partial charge is 0.315 e. The summed E-state index contributed by atoms with van der Waals surface area (Å²) in [7, 11) is 1.54. The number of rotatable bonds is 8. The van der Waals surface area contributed by atoms with Crippen molar-refractivity contribution in [3.05, 3.63) is 35.9 Å². The first kappa shape index (κ1) is 20.5. The maximum atomic E-state index is 12.5. The topological polar surface area (TPSA) is 98.7 Å². The Bertz CT molecular complexity index is 589. The molecular formula is C18H27N3O4. The van der Waals surface area contributed by atoms with E-state index in [0.717, 1.165) is 5.56 Å². The van der Waals surface area contributed by atoms with E-state index < -0.39 is 24.0 Å². The highest BCUT2D eigenvalue weighted by atomic mass is 16.4. The van der Waals surface area contributed by atoms with Crippen molar-refractivity contribution in [2.24, 2.45) is 11.8 Å². The number of urea groups is 1. The van der Waals surface area contributed by atoms with E-state index in [9.17, 15) is 14.4 Å². The highest BCUT2D eigenvalue weighted by molar-refractivity contribution is 5.87. The average Bonchev–Trinajstić information content (AvgIpc) is 2.57. The molecule has 3 N–H and O–H groups in total. The molecule has 0 saturated heterocycles. The largest absolute Gasteiger partial charge is 0.481 e. The van der Waals surface area contributed by atoms with Gasteiger partial charge in [-0.25, -0.2) is 4.79 Å². The molecule has 0 aliphatic heterocycles. The molecular weight excluding hydrogens is 322 g/mol. The molecule has 0 aromatic heterocycles. The molecule has 2 atom stereocenters. The lowest BCUT2D eigenvalue weighted by Gasteiger charge is -2.28. The van der Waals surface area contributed by atoms with Crippen LogP contribution in [0, 0.1) is 11.8 Å². The highest BCUT2D eigenvalue weighted by Gasteiger charge is 2.28. The third-order valence-corrected chi connectivity index (χ3v) is 3.86. The van der Waals surface area contributed by atoms with Gasteiger partial charge in [-0.1, -0.05) is 51.1 Å². The van der Waals surface area contributed by atoms with Crippen molar-refractivity contribution in [2.45, 2.75) is 33.4 Å². The van der Waals surface area contributed by atoms with Crippen LogP contribution in [0.4, 0.5) is 4.79 Å². The number of likely N-dealkylation sites (N-methyl/N-ethyl adjacent to an activating group) is 1. The first-order chi connectivity index (χ1) is 11.7. The molecule has 0 aliphatic carbocycles. The summed E-state index contributed by atoms with van der Waals surface area (Å²) >= 11 is 0. The lowest BCUT2D eigenvalue weighted by Crippen LogP contribution is -2.53. The standard InChI is InChI=1S/C18H27N3O4/c1-12(2)15(16(22)21(4)11-13(3)17(23)24)20-18(25)19-10-14-8-6-5-7-9-14/h5-9,12-13,15H,10-11H2,1-4H3,(H,23,24)(H2,19,20,25). The van der Waals surface area contributed by atoms with E-state index in [-0.39, 0.29) is 18.4 Å². The summed E-state index contributed by atoms with van der Waals surface area (Å²) in [6, 6.07) is 8.29. The summed E-state index contributed by atoms with van der Waals surface area (Å²) < 4.78 is 0. The van der Waals surface area contributed by atoms with Crippen LogP contribution in [0.1, 0.15) is 26.3 Å². The molecule has 0 fully saturated rings. The number of carbonyl (C=O) groups excluding carboxylic acids is 2. The molecule has 2 unspecified atom stereocenters. The summed E-state index contributed by atoms with van der Waals surface area (Å²) in [5.41, 5.74) is 0.956. The van der Waals surface area contributed by atoms with Crippen molar-refractivity contribution in [3.63, 3.8) is 0 Å². The lowest BCUT2D eigenvalue weighted by atomic mass is 10.0. The van der Waals surface area contributed by atoms with Crippen molar-refractivity contribution < 1.29 is 19.5 Å². The Labute approximate surface area is 148 Å². The molecule has 7 nitrogen and oxygen atoms in total. The lowest BCUT2D eigenvalue weighted by molar-refractivity contribution is -0.143. The number of nitrogens with zero attached hydrogens (tertiary/aromatic N) is 1. The van der Waals surface area contributed by atoms with Crippen LogP contribution in [0.3, 0.4) is 0 Å². The molecule has 0 spiro atoms. The first-order valence-electron chi connectivity index (χ1n) is 8.28. The summed E-state index contributed by atoms with van der Waals surface area (Å²) in [6.45, 7) is 5.64. The normalized spacial score (nSPS) is 13.0. The Kier molecular flexibility index (Phi) is 7.91. The van der Waals surface area contributed by atoms with Crippen LogP contribution >= 0.6 is 0 Å². The van der Waals surface area contributed by atoms with Crippen LogP contribution in [0.25, 0.3) is 0 Å². The predicted molar refractivity (Wildman–Crippen MR) is 94.9 cm³/mol. The number of benzene rings is 1. The van der Waals surface area contributed by atoms with Crippen LogP contribution in [0.5, 0.6) is 0 Å². The fourth-order valence-electron chi connectivity index (χ4n) is 2.30. The van der Waals surface area contributed by atoms with Gasteiger partial charge in [0.15, 0.2) is 0 Å². The molecule has 1 aromatic carbocycles. The maximum absolute atomic E-state index is 12.5. The monoisotopic (exact) mass is 349 g/mol. The Morgan fingerprint density at radius 2 is 1.72 bits per heavy atom. The number of carbonyl (C=O) groups is 3. The zero-order valence-corrected chi connectivity index (χ0v) is 15.2. The number of hydrogen-bond donors (Lipinski definition) is 3. The summed E-state index contributed by atoms with van der Waals surface area (Å²) in [4.78, 5) is 36.9. The minimum atomic E-state index is -0.964. The fourth-order valence-corrected chi connectivity index (χ4v) is 2.30. The fraction of sp³-hybridized carbons (Fsp3) is 0.500. The van der Waals surface area contributed by atoms with E-state index in [0.29, 0.717) is 6.54 Å².